The number of nitrogens with two attached hydrogens (primary N) is 1. The number of rotatable bonds is 4. The van der Waals surface area contributed by atoms with Gasteiger partial charge in [0.2, 0.25) is 0 Å². The average Bonchev–Trinajstić information content (AvgIpc) is 2.55. The van der Waals surface area contributed by atoms with Crippen molar-refractivity contribution >= 4 is 17.2 Å². The Labute approximate surface area is 136 Å². The van der Waals surface area contributed by atoms with E-state index in [2.05, 4.69) is 6.07 Å². The van der Waals surface area contributed by atoms with E-state index < -0.39 is 0 Å². The maximum absolute atomic E-state index is 6.27. The molecule has 0 bridgehead atoms. The second-order valence-corrected chi connectivity index (χ2v) is 5.39. The Morgan fingerprint density at radius 3 is 2.41 bits per heavy atom. The van der Waals surface area contributed by atoms with Crippen molar-refractivity contribution in [3.8, 4) is 5.75 Å². The number of hydrogen-bond acceptors (Lipinski definition) is 2. The van der Waals surface area contributed by atoms with Gasteiger partial charge in [-0.25, -0.2) is 0 Å². The number of allylic oxidation sites excluding steroid dienone is 2. The molecule has 0 radical (unpaired) electrons. The van der Waals surface area contributed by atoms with Gasteiger partial charge in [0, 0.05) is 10.7 Å². The van der Waals surface area contributed by atoms with Crippen LogP contribution >= 0.6 is 11.6 Å². The molecule has 2 rings (SSSR count). The predicted octanol–water partition coefficient (Wildman–Crippen LogP) is 4.95. The van der Waals surface area contributed by atoms with Crippen LogP contribution in [0.4, 0.5) is 0 Å². The Morgan fingerprint density at radius 2 is 1.82 bits per heavy atom. The van der Waals surface area contributed by atoms with Gasteiger partial charge in [-0.3, -0.25) is 0 Å². The highest BCUT2D eigenvalue weighted by Crippen LogP contribution is 2.31. The second kappa shape index (κ2) is 7.19. The minimum atomic E-state index is 0.713. The lowest BCUT2D eigenvalue weighted by Gasteiger charge is -2.13. The molecule has 114 valence electrons. The molecular formula is C19H20ClNO. The summed E-state index contributed by atoms with van der Waals surface area (Å²) in [5, 5.41) is 0.746. The van der Waals surface area contributed by atoms with Crippen molar-refractivity contribution in [3.05, 3.63) is 82.0 Å². The highest BCUT2D eigenvalue weighted by atomic mass is 35.5. The first kappa shape index (κ1) is 16.2. The van der Waals surface area contributed by atoms with Gasteiger partial charge in [0.25, 0.3) is 0 Å². The monoisotopic (exact) mass is 313 g/mol. The molecule has 0 aliphatic rings. The molecule has 22 heavy (non-hydrogen) atoms. The van der Waals surface area contributed by atoms with Crippen LogP contribution in [-0.2, 0) is 0 Å². The highest BCUT2D eigenvalue weighted by molar-refractivity contribution is 6.31. The Balaban J connectivity index is 2.61. The highest BCUT2D eigenvalue weighted by Gasteiger charge is 2.10. The average molecular weight is 314 g/mol. The van der Waals surface area contributed by atoms with Gasteiger partial charge in [-0.05, 0) is 60.4 Å². The van der Waals surface area contributed by atoms with Gasteiger partial charge >= 0.3 is 0 Å². The summed E-state index contributed by atoms with van der Waals surface area (Å²) in [6, 6.07) is 13.8. The van der Waals surface area contributed by atoms with Gasteiger partial charge in [-0.15, -0.1) is 0 Å². The molecule has 0 heterocycles. The molecule has 0 saturated heterocycles. The molecule has 0 spiro atoms. The molecule has 2 aromatic carbocycles. The summed E-state index contributed by atoms with van der Waals surface area (Å²) < 4.78 is 5.22. The van der Waals surface area contributed by atoms with Crippen LogP contribution in [0.15, 0.2) is 60.3 Å². The van der Waals surface area contributed by atoms with E-state index in [1.807, 2.05) is 62.4 Å². The summed E-state index contributed by atoms with van der Waals surface area (Å²) in [5.41, 5.74) is 10.9. The number of methoxy groups -OCH3 is 1. The normalized spacial score (nSPS) is 12.4. The zero-order chi connectivity index (χ0) is 16.1. The van der Waals surface area contributed by atoms with Crippen molar-refractivity contribution in [1.82, 2.24) is 0 Å². The van der Waals surface area contributed by atoms with Gasteiger partial charge in [-0.1, -0.05) is 41.9 Å². The fourth-order valence-electron chi connectivity index (χ4n) is 2.24. The van der Waals surface area contributed by atoms with Crippen molar-refractivity contribution < 1.29 is 4.74 Å². The van der Waals surface area contributed by atoms with Crippen LogP contribution in [0.1, 0.15) is 23.6 Å². The zero-order valence-corrected chi connectivity index (χ0v) is 13.8. The van der Waals surface area contributed by atoms with E-state index in [9.17, 15) is 0 Å². The summed E-state index contributed by atoms with van der Waals surface area (Å²) >= 11 is 6.27. The van der Waals surface area contributed by atoms with Gasteiger partial charge < -0.3 is 10.5 Å². The molecular weight excluding hydrogens is 294 g/mol. The summed E-state index contributed by atoms with van der Waals surface area (Å²) in [6.07, 6.45) is 3.85. The first-order valence-electron chi connectivity index (χ1n) is 7.10. The Bertz CT molecular complexity index is 715. The molecule has 3 heteroatoms. The molecule has 0 saturated carbocycles. The topological polar surface area (TPSA) is 35.2 Å². The van der Waals surface area contributed by atoms with Crippen LogP contribution < -0.4 is 10.5 Å². The zero-order valence-electron chi connectivity index (χ0n) is 13.1. The van der Waals surface area contributed by atoms with Crippen molar-refractivity contribution in [2.75, 3.05) is 7.11 Å². The van der Waals surface area contributed by atoms with E-state index in [-0.39, 0.29) is 0 Å². The van der Waals surface area contributed by atoms with Crippen LogP contribution in [0.25, 0.3) is 5.57 Å². The maximum atomic E-state index is 6.27. The van der Waals surface area contributed by atoms with Crippen LogP contribution in [-0.4, -0.2) is 7.11 Å². The van der Waals surface area contributed by atoms with Gasteiger partial charge in [0.15, 0.2) is 0 Å². The third kappa shape index (κ3) is 3.52. The van der Waals surface area contributed by atoms with Crippen molar-refractivity contribution in [1.29, 1.82) is 0 Å². The number of benzene rings is 2. The molecule has 2 aromatic rings. The maximum Gasteiger partial charge on any atom is 0.118 e. The molecule has 0 unspecified atom stereocenters. The lowest BCUT2D eigenvalue weighted by molar-refractivity contribution is 0.415. The standard InChI is InChI=1S/C19H20ClNO/c1-4-15(21)12-18(14-8-10-16(22-3)11-9-14)17-6-5-7-19(20)13(17)2/h4-12H,21H2,1-3H3/b15-4-,18-12-. The summed E-state index contributed by atoms with van der Waals surface area (Å²) in [7, 11) is 1.66. The predicted molar refractivity (Wildman–Crippen MR) is 94.2 cm³/mol. The second-order valence-electron chi connectivity index (χ2n) is 4.99. The van der Waals surface area contributed by atoms with Crippen molar-refractivity contribution in [2.45, 2.75) is 13.8 Å². The number of halogens is 1. The smallest absolute Gasteiger partial charge is 0.118 e. The molecule has 0 amide bonds. The van der Waals surface area contributed by atoms with E-state index in [1.165, 1.54) is 0 Å². The van der Waals surface area contributed by atoms with Crippen LogP contribution in [0.2, 0.25) is 5.02 Å². The molecule has 2 N–H and O–H groups in total. The molecule has 0 atom stereocenters. The van der Waals surface area contributed by atoms with E-state index >= 15 is 0 Å². The molecule has 0 aliphatic heterocycles. The molecule has 0 aromatic heterocycles. The van der Waals surface area contributed by atoms with Crippen LogP contribution in [0.3, 0.4) is 0 Å². The molecule has 0 fully saturated rings. The SMILES string of the molecule is C/C=C(N)/C=C(/c1ccc(OC)cc1)c1cccc(Cl)c1C. The number of hydrogen-bond donors (Lipinski definition) is 1. The quantitative estimate of drug-likeness (QED) is 0.810. The Hall–Kier alpha value is -2.19. The van der Waals surface area contributed by atoms with E-state index in [4.69, 9.17) is 22.1 Å². The summed E-state index contributed by atoms with van der Waals surface area (Å²) in [5.74, 6) is 0.824. The molecule has 0 aliphatic carbocycles. The lowest BCUT2D eigenvalue weighted by atomic mass is 9.93. The summed E-state index contributed by atoms with van der Waals surface area (Å²) in [6.45, 7) is 3.93. The van der Waals surface area contributed by atoms with Gasteiger partial charge in [0.1, 0.15) is 5.75 Å². The third-order valence-electron chi connectivity index (χ3n) is 3.60. The minimum absolute atomic E-state index is 0.713. The number of ether oxygens (including phenoxy) is 1. The largest absolute Gasteiger partial charge is 0.497 e. The minimum Gasteiger partial charge on any atom is -0.497 e. The van der Waals surface area contributed by atoms with Crippen LogP contribution in [0.5, 0.6) is 5.75 Å². The fourth-order valence-corrected chi connectivity index (χ4v) is 2.41. The fraction of sp³-hybridized carbons (Fsp3) is 0.158. The third-order valence-corrected chi connectivity index (χ3v) is 4.01. The first-order chi connectivity index (χ1) is 10.6. The molecule has 2 nitrogen and oxygen atoms in total. The van der Waals surface area contributed by atoms with Gasteiger partial charge in [-0.2, -0.15) is 0 Å². The lowest BCUT2D eigenvalue weighted by Crippen LogP contribution is -1.98. The summed E-state index contributed by atoms with van der Waals surface area (Å²) in [4.78, 5) is 0. The van der Waals surface area contributed by atoms with E-state index in [0.29, 0.717) is 5.70 Å². The first-order valence-corrected chi connectivity index (χ1v) is 7.48. The Morgan fingerprint density at radius 1 is 1.14 bits per heavy atom. The van der Waals surface area contributed by atoms with Crippen molar-refractivity contribution in [2.24, 2.45) is 5.73 Å². The van der Waals surface area contributed by atoms with E-state index in [1.54, 1.807) is 7.11 Å². The van der Waals surface area contributed by atoms with Gasteiger partial charge in [0.05, 0.1) is 7.11 Å². The Kier molecular flexibility index (Phi) is 5.29. The van der Waals surface area contributed by atoms with Crippen molar-refractivity contribution in [3.63, 3.8) is 0 Å². The van der Waals surface area contributed by atoms with E-state index in [0.717, 1.165) is 33.0 Å². The van der Waals surface area contributed by atoms with Crippen LogP contribution in [0, 0.1) is 6.92 Å².